The Hall–Kier alpha value is -1.63. The van der Waals surface area contributed by atoms with Gasteiger partial charge in [0.05, 0.1) is 34.3 Å². The normalized spacial score (nSPS) is 10.8. The number of aromatic nitrogens is 4. The van der Waals surface area contributed by atoms with Crippen molar-refractivity contribution in [2.24, 2.45) is 0 Å². The largest absolute Gasteiger partial charge is 0.376 e. The Labute approximate surface area is 126 Å². The maximum atomic E-state index is 12.1. The lowest BCUT2D eigenvalue weighted by Crippen LogP contribution is -2.25. The third kappa shape index (κ3) is 2.77. The molecule has 108 valence electrons. The van der Waals surface area contributed by atoms with Crippen LogP contribution >= 0.6 is 15.9 Å². The van der Waals surface area contributed by atoms with Gasteiger partial charge in [0.15, 0.2) is 0 Å². The van der Waals surface area contributed by atoms with Crippen molar-refractivity contribution in [1.29, 1.82) is 0 Å². The summed E-state index contributed by atoms with van der Waals surface area (Å²) in [6.07, 6.45) is 1.69. The highest BCUT2D eigenvalue weighted by Crippen LogP contribution is 2.21. The second kappa shape index (κ2) is 5.78. The number of halogens is 1. The van der Waals surface area contributed by atoms with E-state index in [4.69, 9.17) is 0 Å². The molecule has 0 amide bonds. The minimum Gasteiger partial charge on any atom is -0.376 e. The SMILES string of the molecule is CCn1nc(C)c(Br)c1Cn1ncc(N(C)C)cc1=O. The Balaban J connectivity index is 2.38. The zero-order chi connectivity index (χ0) is 14.9. The van der Waals surface area contributed by atoms with Gasteiger partial charge in [-0.15, -0.1) is 0 Å². The fourth-order valence-corrected chi connectivity index (χ4v) is 2.36. The topological polar surface area (TPSA) is 56.0 Å². The molecule has 0 aliphatic carbocycles. The monoisotopic (exact) mass is 339 g/mol. The predicted octanol–water partition coefficient (Wildman–Crippen LogP) is 1.64. The Morgan fingerprint density at radius 3 is 2.60 bits per heavy atom. The summed E-state index contributed by atoms with van der Waals surface area (Å²) in [5, 5.41) is 8.64. The number of anilines is 1. The zero-order valence-electron chi connectivity index (χ0n) is 12.1. The smallest absolute Gasteiger partial charge is 0.269 e. The molecule has 0 aliphatic rings. The molecule has 2 aromatic rings. The Kier molecular flexibility index (Phi) is 4.27. The first-order valence-electron chi connectivity index (χ1n) is 6.40. The molecule has 2 rings (SSSR count). The van der Waals surface area contributed by atoms with Crippen molar-refractivity contribution in [3.63, 3.8) is 0 Å². The minimum atomic E-state index is -0.121. The molecule has 0 unspecified atom stereocenters. The van der Waals surface area contributed by atoms with Crippen LogP contribution in [0.5, 0.6) is 0 Å². The van der Waals surface area contributed by atoms with Gasteiger partial charge in [0, 0.05) is 26.7 Å². The maximum Gasteiger partial charge on any atom is 0.269 e. The van der Waals surface area contributed by atoms with Crippen molar-refractivity contribution >= 4 is 21.6 Å². The predicted molar refractivity (Wildman–Crippen MR) is 82.3 cm³/mol. The third-order valence-electron chi connectivity index (χ3n) is 3.12. The number of hydrogen-bond acceptors (Lipinski definition) is 4. The molecular formula is C13H18BrN5O. The van der Waals surface area contributed by atoms with Crippen LogP contribution in [-0.4, -0.2) is 33.7 Å². The Morgan fingerprint density at radius 2 is 2.05 bits per heavy atom. The van der Waals surface area contributed by atoms with Gasteiger partial charge in [0.25, 0.3) is 5.56 Å². The van der Waals surface area contributed by atoms with E-state index in [0.29, 0.717) is 6.54 Å². The number of aryl methyl sites for hydroxylation is 2. The second-order valence-corrected chi connectivity index (χ2v) is 5.56. The molecule has 0 radical (unpaired) electrons. The lowest BCUT2D eigenvalue weighted by Gasteiger charge is -2.13. The van der Waals surface area contributed by atoms with E-state index in [1.165, 1.54) is 4.68 Å². The summed E-state index contributed by atoms with van der Waals surface area (Å²) >= 11 is 3.53. The molecule has 0 fully saturated rings. The van der Waals surface area contributed by atoms with Gasteiger partial charge in [-0.05, 0) is 29.8 Å². The average molecular weight is 340 g/mol. The molecular weight excluding hydrogens is 322 g/mol. The van der Waals surface area contributed by atoms with Crippen molar-refractivity contribution < 1.29 is 0 Å². The molecule has 0 atom stereocenters. The van der Waals surface area contributed by atoms with Gasteiger partial charge < -0.3 is 4.90 Å². The highest BCUT2D eigenvalue weighted by atomic mass is 79.9. The summed E-state index contributed by atoms with van der Waals surface area (Å²) in [7, 11) is 3.76. The number of rotatable bonds is 4. The van der Waals surface area contributed by atoms with E-state index >= 15 is 0 Å². The molecule has 7 heteroatoms. The fourth-order valence-electron chi connectivity index (χ4n) is 1.95. The van der Waals surface area contributed by atoms with Gasteiger partial charge in [-0.2, -0.15) is 10.2 Å². The van der Waals surface area contributed by atoms with Crippen LogP contribution in [0, 0.1) is 6.92 Å². The second-order valence-electron chi connectivity index (χ2n) is 4.77. The molecule has 2 heterocycles. The molecule has 0 saturated heterocycles. The van der Waals surface area contributed by atoms with Crippen molar-refractivity contribution in [3.05, 3.63) is 38.5 Å². The van der Waals surface area contributed by atoms with E-state index in [0.717, 1.165) is 28.1 Å². The standard InChI is InChI=1S/C13H18BrN5O/c1-5-18-11(13(14)9(2)16-18)8-19-12(20)6-10(7-15-19)17(3)4/h6-7H,5,8H2,1-4H3. The van der Waals surface area contributed by atoms with E-state index in [2.05, 4.69) is 26.1 Å². The average Bonchev–Trinajstić information content (AvgIpc) is 2.68. The van der Waals surface area contributed by atoms with Gasteiger partial charge in [0.1, 0.15) is 0 Å². The van der Waals surface area contributed by atoms with Crippen LogP contribution in [0.15, 0.2) is 21.5 Å². The summed E-state index contributed by atoms with van der Waals surface area (Å²) in [4.78, 5) is 14.0. The van der Waals surface area contributed by atoms with Crippen LogP contribution in [-0.2, 0) is 13.1 Å². The summed E-state index contributed by atoms with van der Waals surface area (Å²) in [6.45, 7) is 5.12. The molecule has 0 aromatic carbocycles. The molecule has 6 nitrogen and oxygen atoms in total. The lowest BCUT2D eigenvalue weighted by molar-refractivity contribution is 0.557. The Morgan fingerprint density at radius 1 is 1.35 bits per heavy atom. The van der Waals surface area contributed by atoms with E-state index in [1.54, 1.807) is 12.3 Å². The first kappa shape index (κ1) is 14.8. The van der Waals surface area contributed by atoms with Crippen LogP contribution in [0.2, 0.25) is 0 Å². The van der Waals surface area contributed by atoms with Crippen LogP contribution in [0.4, 0.5) is 5.69 Å². The molecule has 0 bridgehead atoms. The molecule has 0 N–H and O–H groups in total. The first-order chi connectivity index (χ1) is 9.43. The van der Waals surface area contributed by atoms with Crippen LogP contribution in [0.25, 0.3) is 0 Å². The summed E-state index contributed by atoms with van der Waals surface area (Å²) in [5.41, 5.74) is 2.55. The van der Waals surface area contributed by atoms with Crippen LogP contribution < -0.4 is 10.5 Å². The highest BCUT2D eigenvalue weighted by Gasteiger charge is 2.13. The first-order valence-corrected chi connectivity index (χ1v) is 7.19. The van der Waals surface area contributed by atoms with Crippen molar-refractivity contribution in [3.8, 4) is 0 Å². The molecule has 2 aromatic heterocycles. The van der Waals surface area contributed by atoms with Gasteiger partial charge >= 0.3 is 0 Å². The van der Waals surface area contributed by atoms with Crippen molar-refractivity contribution in [2.45, 2.75) is 26.9 Å². The van der Waals surface area contributed by atoms with Crippen molar-refractivity contribution in [2.75, 3.05) is 19.0 Å². The molecule has 0 saturated carbocycles. The van der Waals surface area contributed by atoms with E-state index in [-0.39, 0.29) is 5.56 Å². The van der Waals surface area contributed by atoms with E-state index < -0.39 is 0 Å². The van der Waals surface area contributed by atoms with Gasteiger partial charge in [0.2, 0.25) is 0 Å². The number of nitrogens with zero attached hydrogens (tertiary/aromatic N) is 5. The van der Waals surface area contributed by atoms with Gasteiger partial charge in [-0.1, -0.05) is 0 Å². The summed E-state index contributed by atoms with van der Waals surface area (Å²) < 4.78 is 4.26. The van der Waals surface area contributed by atoms with Gasteiger partial charge in [-0.25, -0.2) is 4.68 Å². The number of hydrogen-bond donors (Lipinski definition) is 0. The molecule has 20 heavy (non-hydrogen) atoms. The lowest BCUT2D eigenvalue weighted by atomic mass is 10.3. The third-order valence-corrected chi connectivity index (χ3v) is 4.16. The molecule has 0 spiro atoms. The highest BCUT2D eigenvalue weighted by molar-refractivity contribution is 9.10. The van der Waals surface area contributed by atoms with Gasteiger partial charge in [-0.3, -0.25) is 9.48 Å². The zero-order valence-corrected chi connectivity index (χ0v) is 13.7. The van der Waals surface area contributed by atoms with E-state index in [1.807, 2.05) is 37.5 Å². The minimum absolute atomic E-state index is 0.121. The quantitative estimate of drug-likeness (QED) is 0.849. The van der Waals surface area contributed by atoms with Crippen LogP contribution in [0.3, 0.4) is 0 Å². The summed E-state index contributed by atoms with van der Waals surface area (Å²) in [6, 6.07) is 1.58. The van der Waals surface area contributed by atoms with E-state index in [9.17, 15) is 4.79 Å². The maximum absolute atomic E-state index is 12.1. The van der Waals surface area contributed by atoms with Crippen molar-refractivity contribution in [1.82, 2.24) is 19.6 Å². The fraction of sp³-hybridized carbons (Fsp3) is 0.462. The molecule has 0 aliphatic heterocycles. The van der Waals surface area contributed by atoms with Crippen LogP contribution in [0.1, 0.15) is 18.3 Å². The summed E-state index contributed by atoms with van der Waals surface area (Å²) in [5.74, 6) is 0. The Bertz CT molecular complexity index is 674.